The van der Waals surface area contributed by atoms with Gasteiger partial charge < -0.3 is 5.73 Å². The number of aromatic nitrogens is 1. The Morgan fingerprint density at radius 2 is 2.31 bits per heavy atom. The largest absolute Gasteiger partial charge is 0.330 e. The first-order valence-corrected chi connectivity index (χ1v) is 5.99. The topological polar surface area (TPSA) is 42.1 Å². The van der Waals surface area contributed by atoms with Crippen LogP contribution in [-0.4, -0.2) is 28.5 Å². The Kier molecular flexibility index (Phi) is 3.26. The maximum absolute atomic E-state index is 5.82. The smallest absolute Gasteiger partial charge is 0.0544 e. The lowest BCUT2D eigenvalue weighted by Crippen LogP contribution is -2.44. The summed E-state index contributed by atoms with van der Waals surface area (Å²) < 4.78 is 0. The summed E-state index contributed by atoms with van der Waals surface area (Å²) in [4.78, 5) is 6.88. The molecule has 3 nitrogen and oxygen atoms in total. The van der Waals surface area contributed by atoms with Crippen molar-refractivity contribution < 1.29 is 0 Å². The van der Waals surface area contributed by atoms with Gasteiger partial charge in [0.2, 0.25) is 0 Å². The number of hydrogen-bond acceptors (Lipinski definition) is 3. The van der Waals surface area contributed by atoms with Gasteiger partial charge in [-0.2, -0.15) is 0 Å². The molecule has 0 radical (unpaired) electrons. The van der Waals surface area contributed by atoms with Crippen LogP contribution in [0.4, 0.5) is 0 Å². The van der Waals surface area contributed by atoms with Crippen molar-refractivity contribution in [3.05, 3.63) is 30.1 Å². The van der Waals surface area contributed by atoms with Crippen molar-refractivity contribution in [3.63, 3.8) is 0 Å². The molecule has 2 N–H and O–H groups in total. The molecule has 0 saturated carbocycles. The van der Waals surface area contributed by atoms with Crippen LogP contribution in [0.15, 0.2) is 24.4 Å². The summed E-state index contributed by atoms with van der Waals surface area (Å²) in [6, 6.07) is 6.10. The predicted molar refractivity (Wildman–Crippen MR) is 65.9 cm³/mol. The SMILES string of the molecule is CC1(C)C(CN)CCN1Cc1ccccn1. The van der Waals surface area contributed by atoms with Gasteiger partial charge in [0.15, 0.2) is 0 Å². The second-order valence-corrected chi connectivity index (χ2v) is 5.12. The molecule has 2 heterocycles. The number of hydrogen-bond donors (Lipinski definition) is 1. The molecule has 3 heteroatoms. The Morgan fingerprint density at radius 3 is 2.88 bits per heavy atom. The normalized spacial score (nSPS) is 24.8. The van der Waals surface area contributed by atoms with E-state index in [2.05, 4.69) is 29.8 Å². The van der Waals surface area contributed by atoms with E-state index in [4.69, 9.17) is 5.73 Å². The monoisotopic (exact) mass is 219 g/mol. The number of likely N-dealkylation sites (tertiary alicyclic amines) is 1. The second-order valence-electron chi connectivity index (χ2n) is 5.12. The van der Waals surface area contributed by atoms with E-state index in [-0.39, 0.29) is 5.54 Å². The summed E-state index contributed by atoms with van der Waals surface area (Å²) in [5.74, 6) is 0.608. The van der Waals surface area contributed by atoms with E-state index < -0.39 is 0 Å². The molecule has 2 rings (SSSR count). The molecule has 1 unspecified atom stereocenters. The van der Waals surface area contributed by atoms with Crippen molar-refractivity contribution in [2.75, 3.05) is 13.1 Å². The molecule has 1 aromatic heterocycles. The number of nitrogens with zero attached hydrogens (tertiary/aromatic N) is 2. The first-order chi connectivity index (χ1) is 7.64. The van der Waals surface area contributed by atoms with E-state index >= 15 is 0 Å². The molecule has 16 heavy (non-hydrogen) atoms. The lowest BCUT2D eigenvalue weighted by molar-refractivity contribution is 0.131. The standard InChI is InChI=1S/C13H21N3/c1-13(2)11(9-14)6-8-16(13)10-12-5-3-4-7-15-12/h3-5,7,11H,6,8-10,14H2,1-2H3. The minimum absolute atomic E-state index is 0.201. The second kappa shape index (κ2) is 4.52. The minimum atomic E-state index is 0.201. The van der Waals surface area contributed by atoms with Crippen molar-refractivity contribution in [1.29, 1.82) is 0 Å². The van der Waals surface area contributed by atoms with E-state index in [1.54, 1.807) is 0 Å². The molecular formula is C13H21N3. The molecule has 1 atom stereocenters. The van der Waals surface area contributed by atoms with Crippen molar-refractivity contribution in [1.82, 2.24) is 9.88 Å². The van der Waals surface area contributed by atoms with E-state index in [9.17, 15) is 0 Å². The third kappa shape index (κ3) is 2.11. The number of pyridine rings is 1. The van der Waals surface area contributed by atoms with Gasteiger partial charge in [0.25, 0.3) is 0 Å². The summed E-state index contributed by atoms with van der Waals surface area (Å²) in [5.41, 5.74) is 7.17. The molecule has 0 bridgehead atoms. The lowest BCUT2D eigenvalue weighted by atomic mass is 9.88. The van der Waals surface area contributed by atoms with Crippen LogP contribution in [0.3, 0.4) is 0 Å². The molecule has 1 aromatic rings. The van der Waals surface area contributed by atoms with E-state index in [1.165, 1.54) is 6.42 Å². The lowest BCUT2D eigenvalue weighted by Gasteiger charge is -2.35. The molecule has 1 fully saturated rings. The van der Waals surface area contributed by atoms with Gasteiger partial charge in [-0.3, -0.25) is 9.88 Å². The third-order valence-electron chi connectivity index (χ3n) is 3.93. The Morgan fingerprint density at radius 1 is 1.50 bits per heavy atom. The minimum Gasteiger partial charge on any atom is -0.330 e. The molecule has 0 aromatic carbocycles. The van der Waals surface area contributed by atoms with Gasteiger partial charge in [0.1, 0.15) is 0 Å². The zero-order valence-electron chi connectivity index (χ0n) is 10.2. The molecule has 1 saturated heterocycles. The highest BCUT2D eigenvalue weighted by atomic mass is 15.2. The number of nitrogens with two attached hydrogens (primary N) is 1. The van der Waals surface area contributed by atoms with Gasteiger partial charge in [-0.25, -0.2) is 0 Å². The van der Waals surface area contributed by atoms with Gasteiger partial charge in [-0.1, -0.05) is 6.07 Å². The van der Waals surface area contributed by atoms with Crippen LogP contribution >= 0.6 is 0 Å². The zero-order chi connectivity index (χ0) is 11.6. The van der Waals surface area contributed by atoms with Crippen LogP contribution in [0.2, 0.25) is 0 Å². The van der Waals surface area contributed by atoms with Crippen LogP contribution in [0, 0.1) is 5.92 Å². The highest BCUT2D eigenvalue weighted by Crippen LogP contribution is 2.34. The van der Waals surface area contributed by atoms with Gasteiger partial charge in [0, 0.05) is 18.3 Å². The fourth-order valence-electron chi connectivity index (χ4n) is 2.59. The Hall–Kier alpha value is -0.930. The molecule has 0 aliphatic carbocycles. The highest BCUT2D eigenvalue weighted by Gasteiger charge is 2.40. The summed E-state index contributed by atoms with van der Waals surface area (Å²) in [6.07, 6.45) is 3.06. The van der Waals surface area contributed by atoms with Gasteiger partial charge in [-0.05, 0) is 51.4 Å². The average molecular weight is 219 g/mol. The first-order valence-electron chi connectivity index (χ1n) is 5.99. The summed E-state index contributed by atoms with van der Waals surface area (Å²) in [7, 11) is 0. The Balaban J connectivity index is 2.07. The zero-order valence-corrected chi connectivity index (χ0v) is 10.2. The van der Waals surface area contributed by atoms with Gasteiger partial charge >= 0.3 is 0 Å². The van der Waals surface area contributed by atoms with Gasteiger partial charge in [0.05, 0.1) is 5.69 Å². The molecule has 1 aliphatic heterocycles. The van der Waals surface area contributed by atoms with E-state index in [1.807, 2.05) is 18.3 Å². The van der Waals surface area contributed by atoms with Crippen LogP contribution in [0.1, 0.15) is 26.0 Å². The molecule has 1 aliphatic rings. The van der Waals surface area contributed by atoms with Crippen molar-refractivity contribution in [2.24, 2.45) is 11.7 Å². The Labute approximate surface area is 97.7 Å². The van der Waals surface area contributed by atoms with Crippen LogP contribution < -0.4 is 5.73 Å². The Bertz CT molecular complexity index is 334. The van der Waals surface area contributed by atoms with E-state index in [0.717, 1.165) is 25.3 Å². The van der Waals surface area contributed by atoms with E-state index in [0.29, 0.717) is 5.92 Å². The summed E-state index contributed by atoms with van der Waals surface area (Å²) in [6.45, 7) is 7.43. The molecular weight excluding hydrogens is 198 g/mol. The molecule has 0 amide bonds. The highest BCUT2D eigenvalue weighted by molar-refractivity contribution is 5.06. The summed E-state index contributed by atoms with van der Waals surface area (Å²) >= 11 is 0. The van der Waals surface area contributed by atoms with Crippen LogP contribution in [0.5, 0.6) is 0 Å². The van der Waals surface area contributed by atoms with Crippen molar-refractivity contribution >= 4 is 0 Å². The first kappa shape index (κ1) is 11.6. The fraction of sp³-hybridized carbons (Fsp3) is 0.615. The van der Waals surface area contributed by atoms with Crippen molar-refractivity contribution in [2.45, 2.75) is 32.4 Å². The maximum atomic E-state index is 5.82. The van der Waals surface area contributed by atoms with Gasteiger partial charge in [-0.15, -0.1) is 0 Å². The summed E-state index contributed by atoms with van der Waals surface area (Å²) in [5, 5.41) is 0. The maximum Gasteiger partial charge on any atom is 0.0544 e. The third-order valence-corrected chi connectivity index (χ3v) is 3.93. The number of rotatable bonds is 3. The molecule has 88 valence electrons. The average Bonchev–Trinajstić information content (AvgIpc) is 2.56. The molecule has 0 spiro atoms. The predicted octanol–water partition coefficient (Wildman–Crippen LogP) is 1.64. The quantitative estimate of drug-likeness (QED) is 0.840. The fourth-order valence-corrected chi connectivity index (χ4v) is 2.59. The van der Waals surface area contributed by atoms with Crippen LogP contribution in [-0.2, 0) is 6.54 Å². The van der Waals surface area contributed by atoms with Crippen LogP contribution in [0.25, 0.3) is 0 Å². The van der Waals surface area contributed by atoms with Crippen molar-refractivity contribution in [3.8, 4) is 0 Å².